The predicted octanol–water partition coefficient (Wildman–Crippen LogP) is 3.01. The van der Waals surface area contributed by atoms with Crippen molar-refractivity contribution in [3.8, 4) is 5.75 Å². The van der Waals surface area contributed by atoms with Crippen LogP contribution in [0.3, 0.4) is 0 Å². The minimum absolute atomic E-state index is 0.0208. The highest BCUT2D eigenvalue weighted by molar-refractivity contribution is 7.92. The summed E-state index contributed by atoms with van der Waals surface area (Å²) in [6.45, 7) is 1.51. The molecule has 37 heavy (non-hydrogen) atoms. The van der Waals surface area contributed by atoms with Crippen LogP contribution >= 0.6 is 0 Å². The third-order valence-corrected chi connectivity index (χ3v) is 7.23. The van der Waals surface area contributed by atoms with Crippen molar-refractivity contribution in [3.63, 3.8) is 0 Å². The van der Waals surface area contributed by atoms with Gasteiger partial charge in [-0.25, -0.2) is 13.9 Å². The van der Waals surface area contributed by atoms with E-state index in [1.807, 2.05) is 0 Å². The van der Waals surface area contributed by atoms with Crippen molar-refractivity contribution in [1.29, 1.82) is 0 Å². The number of anilines is 1. The van der Waals surface area contributed by atoms with Crippen LogP contribution in [0.25, 0.3) is 6.08 Å². The molecule has 0 unspecified atom stereocenters. The summed E-state index contributed by atoms with van der Waals surface area (Å²) in [7, 11) is 0.478. The second-order valence-corrected chi connectivity index (χ2v) is 10.2. The average molecular weight is 525 g/mol. The number of rotatable bonds is 9. The first kappa shape index (κ1) is 27.4. The Morgan fingerprint density at radius 1 is 1.14 bits per heavy atom. The van der Waals surface area contributed by atoms with E-state index < -0.39 is 15.9 Å². The summed E-state index contributed by atoms with van der Waals surface area (Å²) in [4.78, 5) is 30.2. The first-order valence-corrected chi connectivity index (χ1v) is 12.6. The highest BCUT2D eigenvalue weighted by atomic mass is 32.2. The van der Waals surface area contributed by atoms with Gasteiger partial charge in [0.05, 0.1) is 29.8 Å². The van der Waals surface area contributed by atoms with E-state index in [4.69, 9.17) is 4.74 Å². The third-order valence-electron chi connectivity index (χ3n) is 5.47. The van der Waals surface area contributed by atoms with Crippen LogP contribution in [0, 0.1) is 6.92 Å². The van der Waals surface area contributed by atoms with E-state index in [2.05, 4.69) is 4.98 Å². The molecule has 0 saturated carbocycles. The maximum Gasteiger partial charge on any atom is 0.276 e. The van der Waals surface area contributed by atoms with E-state index in [1.165, 1.54) is 60.7 Å². The zero-order valence-corrected chi connectivity index (χ0v) is 21.7. The third kappa shape index (κ3) is 6.32. The van der Waals surface area contributed by atoms with Crippen LogP contribution < -0.4 is 14.5 Å². The van der Waals surface area contributed by atoms with E-state index >= 15 is 0 Å². The molecule has 2 amide bonds. The van der Waals surface area contributed by atoms with Crippen LogP contribution in [-0.4, -0.2) is 56.5 Å². The van der Waals surface area contributed by atoms with Crippen LogP contribution in [0.1, 0.15) is 27.0 Å². The first-order valence-electron chi connectivity index (χ1n) is 11.1. The number of carbonyl (C=O) groups excluding carboxylic acids is 2. The van der Waals surface area contributed by atoms with E-state index in [0.717, 1.165) is 4.31 Å². The molecule has 3 aromatic rings. The van der Waals surface area contributed by atoms with Crippen LogP contribution in [0.5, 0.6) is 5.75 Å². The van der Waals surface area contributed by atoms with Gasteiger partial charge in [-0.2, -0.15) is 0 Å². The van der Waals surface area contributed by atoms with E-state index in [0.29, 0.717) is 22.4 Å². The zero-order chi connectivity index (χ0) is 27.2. The lowest BCUT2D eigenvalue weighted by atomic mass is 10.0. The van der Waals surface area contributed by atoms with E-state index in [1.54, 1.807) is 50.9 Å². The summed E-state index contributed by atoms with van der Waals surface area (Å²) in [5, 5.41) is 9.46. The van der Waals surface area contributed by atoms with Gasteiger partial charge in [0.2, 0.25) is 5.91 Å². The number of nitrogens with zero attached hydrogens (tertiary/aromatic N) is 3. The molecule has 0 saturated heterocycles. The summed E-state index contributed by atoms with van der Waals surface area (Å²) >= 11 is 0. The number of hydrogen-bond acceptors (Lipinski definition) is 7. The number of carbonyl (C=O) groups is 2. The Bertz CT molecular complexity index is 1400. The number of ether oxygens (including phenoxy) is 1. The van der Waals surface area contributed by atoms with Crippen LogP contribution in [0.15, 0.2) is 71.9 Å². The summed E-state index contributed by atoms with van der Waals surface area (Å²) in [6.07, 6.45) is 5.94. The number of amides is 2. The maximum atomic E-state index is 13.9. The molecule has 1 aromatic heterocycles. The second-order valence-electron chi connectivity index (χ2n) is 8.29. The summed E-state index contributed by atoms with van der Waals surface area (Å²) in [5.74, 6) is -0.693. The largest absolute Gasteiger partial charge is 0.497 e. The molecule has 0 aliphatic heterocycles. The normalized spacial score (nSPS) is 11.3. The van der Waals surface area contributed by atoms with E-state index in [-0.39, 0.29) is 28.6 Å². The first-order chi connectivity index (χ1) is 17.6. The van der Waals surface area contributed by atoms with Gasteiger partial charge >= 0.3 is 0 Å². The molecule has 11 heteroatoms. The van der Waals surface area contributed by atoms with Crippen molar-refractivity contribution in [1.82, 2.24) is 15.4 Å². The van der Waals surface area contributed by atoms with Crippen LogP contribution in [0.4, 0.5) is 5.69 Å². The molecule has 2 aromatic carbocycles. The van der Waals surface area contributed by atoms with Crippen LogP contribution in [0.2, 0.25) is 0 Å². The number of pyridine rings is 1. The zero-order valence-electron chi connectivity index (χ0n) is 20.9. The van der Waals surface area contributed by atoms with Crippen molar-refractivity contribution in [2.75, 3.05) is 25.5 Å². The highest BCUT2D eigenvalue weighted by Gasteiger charge is 2.30. The Morgan fingerprint density at radius 2 is 1.84 bits per heavy atom. The van der Waals surface area contributed by atoms with Gasteiger partial charge in [-0.3, -0.25) is 24.1 Å². The molecule has 0 fully saturated rings. The molecule has 0 atom stereocenters. The molecule has 0 aliphatic carbocycles. The van der Waals surface area contributed by atoms with Crippen molar-refractivity contribution in [3.05, 3.63) is 89.3 Å². The Labute approximate surface area is 215 Å². The van der Waals surface area contributed by atoms with Crippen molar-refractivity contribution < 1.29 is 28.0 Å². The Hall–Kier alpha value is -4.22. The van der Waals surface area contributed by atoms with Gasteiger partial charge in [0.25, 0.3) is 15.9 Å². The smallest absolute Gasteiger partial charge is 0.276 e. The molecule has 2 N–H and O–H groups in total. The van der Waals surface area contributed by atoms with Crippen molar-refractivity contribution in [2.24, 2.45) is 0 Å². The van der Waals surface area contributed by atoms with Gasteiger partial charge in [0.15, 0.2) is 0 Å². The molecule has 0 spiro atoms. The lowest BCUT2D eigenvalue weighted by molar-refractivity contribution is -0.123. The van der Waals surface area contributed by atoms with Crippen LogP contribution in [-0.2, 0) is 21.4 Å². The number of hydrogen-bond donors (Lipinski definition) is 2. The Kier molecular flexibility index (Phi) is 8.64. The Balaban J connectivity index is 2.23. The summed E-state index contributed by atoms with van der Waals surface area (Å²) in [5.41, 5.74) is 3.05. The summed E-state index contributed by atoms with van der Waals surface area (Å²) < 4.78 is 34.1. The monoisotopic (exact) mass is 524 g/mol. The van der Waals surface area contributed by atoms with Crippen molar-refractivity contribution in [2.45, 2.75) is 18.4 Å². The molecular weight excluding hydrogens is 496 g/mol. The lowest BCUT2D eigenvalue weighted by Crippen LogP contribution is -2.34. The van der Waals surface area contributed by atoms with Gasteiger partial charge in [0.1, 0.15) is 5.75 Å². The molecule has 194 valence electrons. The quantitative estimate of drug-likeness (QED) is 0.250. The number of nitrogens with one attached hydrogen (secondary N) is 1. The molecule has 10 nitrogen and oxygen atoms in total. The number of benzene rings is 2. The number of aryl methyl sites for hydroxylation is 1. The number of likely N-dealkylation sites (N-methyl/N-ethyl adjacent to an activating group) is 1. The highest BCUT2D eigenvalue weighted by Crippen LogP contribution is 2.34. The predicted molar refractivity (Wildman–Crippen MR) is 139 cm³/mol. The molecule has 0 aliphatic rings. The minimum Gasteiger partial charge on any atom is -0.497 e. The summed E-state index contributed by atoms with van der Waals surface area (Å²) in [6, 6.07) is 12.3. The van der Waals surface area contributed by atoms with Gasteiger partial charge in [0, 0.05) is 32.6 Å². The second kappa shape index (κ2) is 11.7. The average Bonchev–Trinajstić information content (AvgIpc) is 2.90. The molecule has 3 rings (SSSR count). The number of sulfonamides is 1. The van der Waals surface area contributed by atoms with E-state index in [9.17, 15) is 23.2 Å². The molecular formula is C26H28N4O6S. The maximum absolute atomic E-state index is 13.9. The topological polar surface area (TPSA) is 129 Å². The Morgan fingerprint density at radius 3 is 2.41 bits per heavy atom. The SMILES string of the molecule is COc1ccc(S(=O)(=O)N(Cc2cccnc2)c2c(C)cc(C=CC(=O)N(C)C)cc2C(=O)NO)cc1. The standard InChI is InChI=1S/C26H28N4O6S/c1-18-14-19(7-12-24(31)29(2)3)15-23(26(32)28-33)25(18)30(17-20-6-5-13-27-16-20)37(34,35)22-10-8-21(36-4)9-11-22/h5-16,33H,17H2,1-4H3,(H,28,32). The fourth-order valence-electron chi connectivity index (χ4n) is 3.60. The van der Waals surface area contributed by atoms with Gasteiger partial charge in [-0.15, -0.1) is 0 Å². The molecule has 0 bridgehead atoms. The van der Waals surface area contributed by atoms with Gasteiger partial charge in [-0.05, 0) is 72.2 Å². The fourth-order valence-corrected chi connectivity index (χ4v) is 5.14. The van der Waals surface area contributed by atoms with Gasteiger partial charge < -0.3 is 9.64 Å². The molecule has 0 radical (unpaired) electrons. The van der Waals surface area contributed by atoms with Gasteiger partial charge in [-0.1, -0.05) is 6.07 Å². The van der Waals surface area contributed by atoms with Crippen molar-refractivity contribution >= 4 is 33.6 Å². The number of methoxy groups -OCH3 is 1. The molecule has 1 heterocycles. The fraction of sp³-hybridized carbons (Fsp3) is 0.192. The number of aromatic nitrogens is 1. The lowest BCUT2D eigenvalue weighted by Gasteiger charge is -2.28. The minimum atomic E-state index is -4.20. The number of hydroxylamine groups is 1.